The molecule has 8 rings (SSSR count). The highest BCUT2D eigenvalue weighted by atomic mass is 32.2. The van der Waals surface area contributed by atoms with Gasteiger partial charge in [-0.1, -0.05) is 78.1 Å². The molecule has 218 valence electrons. The van der Waals surface area contributed by atoms with Crippen LogP contribution in [0.3, 0.4) is 0 Å². The Morgan fingerprint density at radius 2 is 1.17 bits per heavy atom. The average Bonchev–Trinajstić information content (AvgIpc) is 3.77. The lowest BCUT2D eigenvalue weighted by atomic mass is 9.84. The first-order valence-electron chi connectivity index (χ1n) is 16.7. The quantitative estimate of drug-likeness (QED) is 0.108. The highest BCUT2D eigenvalue weighted by molar-refractivity contribution is 7.99. The van der Waals surface area contributed by atoms with Crippen molar-refractivity contribution in [3.63, 3.8) is 0 Å². The van der Waals surface area contributed by atoms with Crippen LogP contribution in [0.5, 0.6) is 0 Å². The van der Waals surface area contributed by atoms with Crippen LogP contribution in [0.15, 0.2) is 34.5 Å². The molecule has 0 spiro atoms. The standard InChI is InChI=1S/C38H42S4/c1-3-5-7-9-11-13-15-23-24(16-14-12-10-8-6-4-2)38-36-34-30(42-38)20-18-28-32(34)26(22-40-28)25-21-39-27-17-19-29-33(31(25)27)35(36)37(23)41-29/h17-21,26H,3-16,22H2,1-2H3. The maximum atomic E-state index is 2.52. The zero-order valence-electron chi connectivity index (χ0n) is 25.2. The summed E-state index contributed by atoms with van der Waals surface area (Å²) in [6.07, 6.45) is 19.0. The molecule has 0 bridgehead atoms. The number of thiophene rings is 3. The molecule has 0 saturated heterocycles. The number of fused-ring (bicyclic) bond motifs is 1. The van der Waals surface area contributed by atoms with Crippen molar-refractivity contribution in [2.45, 2.75) is 115 Å². The van der Waals surface area contributed by atoms with Crippen LogP contribution in [0.1, 0.15) is 119 Å². The van der Waals surface area contributed by atoms with Gasteiger partial charge in [-0.15, -0.1) is 45.8 Å². The van der Waals surface area contributed by atoms with E-state index >= 15 is 0 Å². The van der Waals surface area contributed by atoms with Crippen molar-refractivity contribution >= 4 is 96.2 Å². The second-order valence-electron chi connectivity index (χ2n) is 12.8. The molecular formula is C38H42S4. The first kappa shape index (κ1) is 27.9. The van der Waals surface area contributed by atoms with E-state index in [-0.39, 0.29) is 0 Å². The molecule has 1 unspecified atom stereocenters. The van der Waals surface area contributed by atoms with Crippen LogP contribution < -0.4 is 0 Å². The Morgan fingerprint density at radius 3 is 1.86 bits per heavy atom. The Hall–Kier alpha value is -1.59. The maximum absolute atomic E-state index is 2.52. The molecule has 1 aliphatic heterocycles. The van der Waals surface area contributed by atoms with E-state index in [4.69, 9.17) is 0 Å². The third-order valence-corrected chi connectivity index (χ3v) is 14.7. The van der Waals surface area contributed by atoms with Crippen LogP contribution in [-0.2, 0) is 12.8 Å². The van der Waals surface area contributed by atoms with Crippen molar-refractivity contribution in [3.05, 3.63) is 51.9 Å². The fourth-order valence-corrected chi connectivity index (χ4v) is 13.0. The lowest BCUT2D eigenvalue weighted by Gasteiger charge is -2.18. The number of hydrogen-bond donors (Lipinski definition) is 0. The molecule has 4 heteroatoms. The van der Waals surface area contributed by atoms with Gasteiger partial charge in [0.1, 0.15) is 0 Å². The lowest BCUT2D eigenvalue weighted by molar-refractivity contribution is 0.601. The van der Waals surface area contributed by atoms with Gasteiger partial charge in [0.2, 0.25) is 0 Å². The van der Waals surface area contributed by atoms with Crippen molar-refractivity contribution in [1.29, 1.82) is 0 Å². The van der Waals surface area contributed by atoms with Gasteiger partial charge in [0.15, 0.2) is 0 Å². The SMILES string of the molecule is CCCCCCCCc1c(CCCCCCCC)c2sc3ccc4scc5c4c3c2c2c1sc1ccc3c(c12)C5CS3. The van der Waals surface area contributed by atoms with Crippen LogP contribution in [0, 0.1) is 0 Å². The molecule has 1 atom stereocenters. The number of benzene rings is 3. The van der Waals surface area contributed by atoms with E-state index < -0.39 is 0 Å². The summed E-state index contributed by atoms with van der Waals surface area (Å²) in [6, 6.07) is 9.83. The van der Waals surface area contributed by atoms with Crippen LogP contribution >= 0.6 is 45.8 Å². The largest absolute Gasteiger partial charge is 0.143 e. The first-order valence-corrected chi connectivity index (χ1v) is 20.2. The van der Waals surface area contributed by atoms with Gasteiger partial charge in [0.25, 0.3) is 0 Å². The van der Waals surface area contributed by atoms with Crippen molar-refractivity contribution < 1.29 is 0 Å². The summed E-state index contributed by atoms with van der Waals surface area (Å²) in [6.45, 7) is 4.66. The molecule has 0 N–H and O–H groups in total. The van der Waals surface area contributed by atoms with E-state index in [9.17, 15) is 0 Å². The summed E-state index contributed by atoms with van der Waals surface area (Å²) in [7, 11) is 0. The van der Waals surface area contributed by atoms with Crippen LogP contribution in [0.25, 0.3) is 50.4 Å². The molecule has 42 heavy (non-hydrogen) atoms. The third kappa shape index (κ3) is 4.41. The maximum Gasteiger partial charge on any atom is 0.0397 e. The summed E-state index contributed by atoms with van der Waals surface area (Å²) in [5, 5.41) is 10.6. The molecule has 2 aliphatic rings. The molecule has 6 aromatic rings. The monoisotopic (exact) mass is 626 g/mol. The minimum Gasteiger partial charge on any atom is -0.143 e. The van der Waals surface area contributed by atoms with Gasteiger partial charge in [-0.25, -0.2) is 0 Å². The van der Waals surface area contributed by atoms with E-state index in [1.54, 1.807) is 63.5 Å². The van der Waals surface area contributed by atoms with Gasteiger partial charge in [-0.05, 0) is 77.6 Å². The Balaban J connectivity index is 1.36. The molecular weight excluding hydrogens is 585 g/mol. The average molecular weight is 627 g/mol. The number of aryl methyl sites for hydroxylation is 2. The molecule has 4 heterocycles. The van der Waals surface area contributed by atoms with E-state index in [1.165, 1.54) is 110 Å². The molecule has 3 aromatic heterocycles. The van der Waals surface area contributed by atoms with Crippen LogP contribution in [0.4, 0.5) is 0 Å². The summed E-state index contributed by atoms with van der Waals surface area (Å²) in [5.41, 5.74) is 6.72. The Labute approximate surface area is 266 Å². The zero-order chi connectivity index (χ0) is 28.2. The van der Waals surface area contributed by atoms with Gasteiger partial charge in [0.05, 0.1) is 0 Å². The first-order chi connectivity index (χ1) is 20.8. The van der Waals surface area contributed by atoms with Gasteiger partial charge < -0.3 is 0 Å². The topological polar surface area (TPSA) is 0 Å². The molecule has 0 nitrogen and oxygen atoms in total. The smallest absolute Gasteiger partial charge is 0.0397 e. The predicted molar refractivity (Wildman–Crippen MR) is 194 cm³/mol. The molecule has 0 radical (unpaired) electrons. The van der Waals surface area contributed by atoms with Crippen molar-refractivity contribution in [2.75, 3.05) is 5.75 Å². The van der Waals surface area contributed by atoms with Crippen molar-refractivity contribution in [1.82, 2.24) is 0 Å². The predicted octanol–water partition coefficient (Wildman–Crippen LogP) is 14.0. The Morgan fingerprint density at radius 1 is 0.595 bits per heavy atom. The van der Waals surface area contributed by atoms with E-state index in [2.05, 4.69) is 77.9 Å². The normalized spacial score (nSPS) is 15.8. The highest BCUT2D eigenvalue weighted by Gasteiger charge is 2.34. The van der Waals surface area contributed by atoms with Crippen LogP contribution in [0.2, 0.25) is 0 Å². The minimum absolute atomic E-state index is 0.527. The summed E-state index contributed by atoms with van der Waals surface area (Å²) >= 11 is 8.35. The number of thioether (sulfide) groups is 1. The van der Waals surface area contributed by atoms with Gasteiger partial charge in [-0.2, -0.15) is 0 Å². The van der Waals surface area contributed by atoms with E-state index in [1.807, 2.05) is 11.3 Å². The molecule has 0 amide bonds. The second-order valence-corrected chi connectivity index (χ2v) is 16.9. The highest BCUT2D eigenvalue weighted by Crippen LogP contribution is 2.58. The number of rotatable bonds is 14. The zero-order valence-corrected chi connectivity index (χ0v) is 28.5. The fourth-order valence-electron chi connectivity index (χ4n) is 8.04. The number of unbranched alkanes of at least 4 members (excludes halogenated alkanes) is 10. The molecule has 3 aromatic carbocycles. The van der Waals surface area contributed by atoms with Crippen molar-refractivity contribution in [2.24, 2.45) is 0 Å². The van der Waals surface area contributed by atoms with Crippen LogP contribution in [-0.4, -0.2) is 5.75 Å². The molecule has 1 aliphatic carbocycles. The summed E-state index contributed by atoms with van der Waals surface area (Å²) < 4.78 is 7.82. The van der Waals surface area contributed by atoms with E-state index in [0.717, 1.165) is 0 Å². The van der Waals surface area contributed by atoms with Gasteiger partial charge in [0, 0.05) is 67.0 Å². The van der Waals surface area contributed by atoms with E-state index in [0.29, 0.717) is 5.92 Å². The summed E-state index contributed by atoms with van der Waals surface area (Å²) in [5.74, 6) is 1.72. The fraction of sp³-hybridized carbons (Fsp3) is 0.474. The van der Waals surface area contributed by atoms with Gasteiger partial charge in [-0.3, -0.25) is 0 Å². The minimum atomic E-state index is 0.527. The molecule has 0 fully saturated rings. The Kier molecular flexibility index (Phi) is 7.80. The Bertz CT molecular complexity index is 1930. The molecule has 0 saturated carbocycles. The lowest BCUT2D eigenvalue weighted by Crippen LogP contribution is -2.01. The van der Waals surface area contributed by atoms with Crippen molar-refractivity contribution in [3.8, 4) is 0 Å². The second kappa shape index (κ2) is 11.7. The van der Waals surface area contributed by atoms with Gasteiger partial charge >= 0.3 is 0 Å². The number of hydrogen-bond acceptors (Lipinski definition) is 4. The summed E-state index contributed by atoms with van der Waals surface area (Å²) in [4.78, 5) is 1.54. The third-order valence-electron chi connectivity index (χ3n) is 10.1.